The highest BCUT2D eigenvalue weighted by molar-refractivity contribution is 7.89. The molecule has 0 unspecified atom stereocenters. The first-order valence-electron chi connectivity index (χ1n) is 9.15. The highest BCUT2D eigenvalue weighted by Gasteiger charge is 2.14. The predicted octanol–water partition coefficient (Wildman–Crippen LogP) is 4.56. The van der Waals surface area contributed by atoms with Gasteiger partial charge in [0.15, 0.2) is 0 Å². The van der Waals surface area contributed by atoms with E-state index in [1.165, 1.54) is 24.3 Å². The first kappa shape index (κ1) is 21.0. The molecule has 3 aromatic carbocycles. The van der Waals surface area contributed by atoms with Gasteiger partial charge in [-0.15, -0.1) is 0 Å². The van der Waals surface area contributed by atoms with Crippen molar-refractivity contribution in [1.82, 2.24) is 9.55 Å². The summed E-state index contributed by atoms with van der Waals surface area (Å²) in [5.74, 6) is 0.795. The lowest BCUT2D eigenvalue weighted by molar-refractivity contribution is 0.301. The molecule has 0 amide bonds. The van der Waals surface area contributed by atoms with Crippen LogP contribution in [-0.2, 0) is 16.6 Å². The van der Waals surface area contributed by atoms with E-state index < -0.39 is 10.0 Å². The molecule has 0 aliphatic carbocycles. The van der Waals surface area contributed by atoms with Crippen LogP contribution >= 0.6 is 11.6 Å². The van der Waals surface area contributed by atoms with Crippen molar-refractivity contribution in [3.8, 4) is 22.8 Å². The van der Waals surface area contributed by atoms with Crippen LogP contribution in [0.2, 0.25) is 5.02 Å². The number of rotatable bonds is 6. The van der Waals surface area contributed by atoms with E-state index in [9.17, 15) is 12.8 Å². The van der Waals surface area contributed by atoms with Gasteiger partial charge in [0.2, 0.25) is 10.0 Å². The number of nitrogens with two attached hydrogens (primary N) is 1. The van der Waals surface area contributed by atoms with Gasteiger partial charge in [0.05, 0.1) is 10.6 Å². The molecule has 0 aliphatic rings. The van der Waals surface area contributed by atoms with Crippen LogP contribution in [0.3, 0.4) is 0 Å². The maximum atomic E-state index is 13.1. The second kappa shape index (κ2) is 8.50. The van der Waals surface area contributed by atoms with Crippen LogP contribution in [0.15, 0.2) is 83.9 Å². The summed E-state index contributed by atoms with van der Waals surface area (Å²) in [6, 6.07) is 19.1. The molecule has 31 heavy (non-hydrogen) atoms. The molecule has 0 fully saturated rings. The number of ether oxygens (including phenoxy) is 1. The van der Waals surface area contributed by atoms with E-state index in [0.29, 0.717) is 28.0 Å². The normalized spacial score (nSPS) is 11.5. The molecular weight excluding hydrogens is 441 g/mol. The molecule has 9 heteroatoms. The van der Waals surface area contributed by atoms with Crippen molar-refractivity contribution in [3.05, 3.63) is 95.5 Å². The molecule has 4 aromatic rings. The Balaban J connectivity index is 1.70. The minimum Gasteiger partial charge on any atom is -0.487 e. The molecule has 2 N–H and O–H groups in total. The molecule has 6 nitrogen and oxygen atoms in total. The highest BCUT2D eigenvalue weighted by Crippen LogP contribution is 2.26. The number of nitrogens with zero attached hydrogens (tertiary/aromatic N) is 2. The molecule has 0 saturated heterocycles. The molecule has 0 aliphatic heterocycles. The third-order valence-electron chi connectivity index (χ3n) is 4.50. The van der Waals surface area contributed by atoms with E-state index in [1.807, 2.05) is 16.7 Å². The van der Waals surface area contributed by atoms with Crippen molar-refractivity contribution in [2.45, 2.75) is 11.5 Å². The molecule has 158 valence electrons. The largest absolute Gasteiger partial charge is 0.487 e. The standard InChI is InChI=1S/C22H17ClFN3O3S/c23-16-3-1-15(2-4-16)22-26-18(14-30-20-9-5-17(24)6-10-20)13-27(22)19-7-11-21(12-8-19)31(25,28)29/h1-13H,14H2,(H2,25,28,29). The predicted molar refractivity (Wildman–Crippen MR) is 116 cm³/mol. The maximum absolute atomic E-state index is 13.1. The lowest BCUT2D eigenvalue weighted by atomic mass is 10.2. The fraction of sp³-hybridized carbons (Fsp3) is 0.0455. The van der Waals surface area contributed by atoms with Gasteiger partial charge in [0.1, 0.15) is 24.0 Å². The zero-order valence-electron chi connectivity index (χ0n) is 16.1. The monoisotopic (exact) mass is 457 g/mol. The SMILES string of the molecule is NS(=O)(=O)c1ccc(-n2cc(COc3ccc(F)cc3)nc2-c2ccc(Cl)cc2)cc1. The lowest BCUT2D eigenvalue weighted by Crippen LogP contribution is -2.12. The Hall–Kier alpha value is -3.20. The summed E-state index contributed by atoms with van der Waals surface area (Å²) < 4.78 is 43.7. The minimum atomic E-state index is -3.79. The number of imidazole rings is 1. The molecule has 0 bridgehead atoms. The second-order valence-corrected chi connectivity index (χ2v) is 8.71. The molecule has 0 atom stereocenters. The van der Waals surface area contributed by atoms with E-state index in [2.05, 4.69) is 4.98 Å². The zero-order chi connectivity index (χ0) is 22.0. The van der Waals surface area contributed by atoms with E-state index in [-0.39, 0.29) is 17.3 Å². The Morgan fingerprint density at radius 3 is 2.23 bits per heavy atom. The Labute approximate surface area is 183 Å². The number of hydrogen-bond acceptors (Lipinski definition) is 4. The van der Waals surface area contributed by atoms with Crippen molar-refractivity contribution in [3.63, 3.8) is 0 Å². The van der Waals surface area contributed by atoms with Crippen LogP contribution in [0.25, 0.3) is 17.1 Å². The summed E-state index contributed by atoms with van der Waals surface area (Å²) in [4.78, 5) is 4.69. The number of sulfonamides is 1. The summed E-state index contributed by atoms with van der Waals surface area (Å²) in [6.45, 7) is 0.161. The second-order valence-electron chi connectivity index (χ2n) is 6.71. The average Bonchev–Trinajstić information content (AvgIpc) is 3.18. The van der Waals surface area contributed by atoms with E-state index in [0.717, 1.165) is 5.56 Å². The Bertz CT molecular complexity index is 1300. The van der Waals surface area contributed by atoms with Crippen molar-refractivity contribution in [2.24, 2.45) is 5.14 Å². The number of halogens is 2. The van der Waals surface area contributed by atoms with Crippen LogP contribution in [-0.4, -0.2) is 18.0 Å². The zero-order valence-corrected chi connectivity index (χ0v) is 17.6. The molecule has 1 aromatic heterocycles. The Morgan fingerprint density at radius 1 is 0.968 bits per heavy atom. The summed E-state index contributed by atoms with van der Waals surface area (Å²) >= 11 is 6.01. The van der Waals surface area contributed by atoms with E-state index >= 15 is 0 Å². The summed E-state index contributed by atoms with van der Waals surface area (Å²) in [5.41, 5.74) is 2.13. The van der Waals surface area contributed by atoms with Gasteiger partial charge in [-0.1, -0.05) is 11.6 Å². The van der Waals surface area contributed by atoms with E-state index in [4.69, 9.17) is 21.5 Å². The van der Waals surface area contributed by atoms with Crippen molar-refractivity contribution >= 4 is 21.6 Å². The Kier molecular flexibility index (Phi) is 5.77. The number of hydrogen-bond donors (Lipinski definition) is 1. The van der Waals surface area contributed by atoms with Gasteiger partial charge in [-0.05, 0) is 72.8 Å². The fourth-order valence-electron chi connectivity index (χ4n) is 2.98. The molecular formula is C22H17ClFN3O3S. The van der Waals surface area contributed by atoms with Crippen LogP contribution in [0, 0.1) is 5.82 Å². The molecule has 0 saturated carbocycles. The van der Waals surface area contributed by atoms with Crippen LogP contribution < -0.4 is 9.88 Å². The van der Waals surface area contributed by atoms with Gasteiger partial charge in [0, 0.05) is 22.5 Å². The van der Waals surface area contributed by atoms with Crippen LogP contribution in [0.4, 0.5) is 4.39 Å². The number of benzene rings is 3. The maximum Gasteiger partial charge on any atom is 0.238 e. The van der Waals surface area contributed by atoms with Gasteiger partial charge in [0.25, 0.3) is 0 Å². The van der Waals surface area contributed by atoms with Gasteiger partial charge in [-0.25, -0.2) is 22.9 Å². The van der Waals surface area contributed by atoms with Gasteiger partial charge in [-0.2, -0.15) is 0 Å². The first-order chi connectivity index (χ1) is 14.8. The topological polar surface area (TPSA) is 87.2 Å². The third-order valence-corrected chi connectivity index (χ3v) is 5.68. The fourth-order valence-corrected chi connectivity index (χ4v) is 3.62. The van der Waals surface area contributed by atoms with Gasteiger partial charge in [-0.3, -0.25) is 4.57 Å². The van der Waals surface area contributed by atoms with Gasteiger partial charge >= 0.3 is 0 Å². The van der Waals surface area contributed by atoms with Crippen LogP contribution in [0.1, 0.15) is 5.69 Å². The lowest BCUT2D eigenvalue weighted by Gasteiger charge is -2.09. The summed E-state index contributed by atoms with van der Waals surface area (Å²) in [7, 11) is -3.79. The highest BCUT2D eigenvalue weighted by atomic mass is 35.5. The minimum absolute atomic E-state index is 0.0178. The number of primary sulfonamides is 1. The molecule has 0 radical (unpaired) electrons. The van der Waals surface area contributed by atoms with Crippen molar-refractivity contribution < 1.29 is 17.5 Å². The van der Waals surface area contributed by atoms with Crippen LogP contribution in [0.5, 0.6) is 5.75 Å². The molecule has 4 rings (SSSR count). The van der Waals surface area contributed by atoms with E-state index in [1.54, 1.807) is 42.6 Å². The quantitative estimate of drug-likeness (QED) is 0.460. The molecule has 0 spiro atoms. The summed E-state index contributed by atoms with van der Waals surface area (Å²) in [6.07, 6.45) is 1.79. The number of aromatic nitrogens is 2. The van der Waals surface area contributed by atoms with Crippen molar-refractivity contribution in [1.29, 1.82) is 0 Å². The Morgan fingerprint density at radius 2 is 1.61 bits per heavy atom. The average molecular weight is 458 g/mol. The smallest absolute Gasteiger partial charge is 0.238 e. The van der Waals surface area contributed by atoms with Crippen molar-refractivity contribution in [2.75, 3.05) is 0 Å². The summed E-state index contributed by atoms with van der Waals surface area (Å²) in [5, 5.41) is 5.79. The van der Waals surface area contributed by atoms with Gasteiger partial charge < -0.3 is 4.74 Å². The molecule has 1 heterocycles. The first-order valence-corrected chi connectivity index (χ1v) is 11.1. The third kappa shape index (κ3) is 4.93.